The highest BCUT2D eigenvalue weighted by molar-refractivity contribution is 5.53. The van der Waals surface area contributed by atoms with Gasteiger partial charge in [0.1, 0.15) is 0 Å². The largest absolute Gasteiger partial charge is 0.391 e. The Morgan fingerprint density at radius 1 is 1.14 bits per heavy atom. The third kappa shape index (κ3) is 3.52. The second-order valence-corrected chi connectivity index (χ2v) is 6.32. The van der Waals surface area contributed by atoms with Gasteiger partial charge in [0.25, 0.3) is 0 Å². The third-order valence-corrected chi connectivity index (χ3v) is 4.35. The molecule has 0 saturated heterocycles. The van der Waals surface area contributed by atoms with E-state index in [1.807, 2.05) is 18.5 Å². The van der Waals surface area contributed by atoms with E-state index in [0.29, 0.717) is 12.8 Å². The first-order valence-electron chi connectivity index (χ1n) is 7.59. The predicted molar refractivity (Wildman–Crippen MR) is 77.5 cm³/mol. The minimum absolute atomic E-state index is 0.116. The molecule has 1 heterocycles. The molecule has 1 fully saturated rings. The average molecular weight is 303 g/mol. The van der Waals surface area contributed by atoms with Crippen molar-refractivity contribution < 1.29 is 13.2 Å². The molecule has 1 saturated carbocycles. The molecule has 0 aliphatic heterocycles. The molecule has 1 aromatic heterocycles. The van der Waals surface area contributed by atoms with Crippen LogP contribution in [-0.4, -0.2) is 22.0 Å². The van der Waals surface area contributed by atoms with E-state index in [1.54, 1.807) is 0 Å². The smallest absolute Gasteiger partial charge is 0.379 e. The molecule has 21 heavy (non-hydrogen) atoms. The van der Waals surface area contributed by atoms with Crippen molar-refractivity contribution in [1.82, 2.24) is 9.78 Å². The molecule has 2 rings (SSSR count). The number of rotatable bonds is 3. The number of hydrogen-bond donors (Lipinski definition) is 1. The van der Waals surface area contributed by atoms with E-state index < -0.39 is 12.1 Å². The van der Waals surface area contributed by atoms with Gasteiger partial charge in [-0.15, -0.1) is 0 Å². The molecule has 3 nitrogen and oxygen atoms in total. The maximum absolute atomic E-state index is 12.7. The third-order valence-electron chi connectivity index (χ3n) is 4.35. The Hall–Kier alpha value is -1.20. The Bertz CT molecular complexity index is 483. The van der Waals surface area contributed by atoms with Crippen molar-refractivity contribution in [3.8, 4) is 0 Å². The Morgan fingerprint density at radius 3 is 2.14 bits per heavy atom. The fourth-order valence-corrected chi connectivity index (χ4v) is 3.14. The highest BCUT2D eigenvalue weighted by atomic mass is 19.4. The first-order chi connectivity index (χ1) is 9.70. The first kappa shape index (κ1) is 16.2. The van der Waals surface area contributed by atoms with E-state index in [0.717, 1.165) is 17.1 Å². The summed E-state index contributed by atoms with van der Waals surface area (Å²) in [7, 11) is 0. The molecule has 0 radical (unpaired) electrons. The summed E-state index contributed by atoms with van der Waals surface area (Å²) in [5.41, 5.74) is 2.96. The molecule has 0 unspecified atom stereocenters. The Kier molecular flexibility index (Phi) is 4.54. The summed E-state index contributed by atoms with van der Waals surface area (Å²) in [6, 6.07) is 0.394. The van der Waals surface area contributed by atoms with Gasteiger partial charge in [-0.3, -0.25) is 4.68 Å². The number of aryl methyl sites for hydroxylation is 1. The fraction of sp³-hybridized carbons (Fsp3) is 0.800. The lowest BCUT2D eigenvalue weighted by Crippen LogP contribution is -2.33. The molecule has 1 aliphatic carbocycles. The van der Waals surface area contributed by atoms with Crippen molar-refractivity contribution in [2.24, 2.45) is 5.92 Å². The Morgan fingerprint density at radius 2 is 1.71 bits per heavy atom. The van der Waals surface area contributed by atoms with Gasteiger partial charge in [0.05, 0.1) is 23.0 Å². The van der Waals surface area contributed by atoms with E-state index in [4.69, 9.17) is 0 Å². The predicted octanol–water partition coefficient (Wildman–Crippen LogP) is 4.61. The molecule has 1 aromatic rings. The second-order valence-electron chi connectivity index (χ2n) is 6.32. The van der Waals surface area contributed by atoms with Gasteiger partial charge in [0.15, 0.2) is 0 Å². The molecule has 6 heteroatoms. The summed E-state index contributed by atoms with van der Waals surface area (Å²) >= 11 is 0. The van der Waals surface area contributed by atoms with Crippen molar-refractivity contribution in [3.63, 3.8) is 0 Å². The molecule has 0 atom stereocenters. The van der Waals surface area contributed by atoms with Gasteiger partial charge >= 0.3 is 6.18 Å². The van der Waals surface area contributed by atoms with Crippen molar-refractivity contribution in [2.75, 3.05) is 5.32 Å². The van der Waals surface area contributed by atoms with Crippen LogP contribution < -0.4 is 5.32 Å². The van der Waals surface area contributed by atoms with Crippen LogP contribution in [0, 0.1) is 19.8 Å². The molecule has 1 N–H and O–H groups in total. The van der Waals surface area contributed by atoms with Gasteiger partial charge in [0, 0.05) is 12.1 Å². The van der Waals surface area contributed by atoms with Crippen LogP contribution in [0.3, 0.4) is 0 Å². The molecule has 120 valence electrons. The molecular formula is C15H24F3N3. The topological polar surface area (TPSA) is 29.9 Å². The van der Waals surface area contributed by atoms with Crippen LogP contribution in [0.4, 0.5) is 18.9 Å². The summed E-state index contributed by atoms with van der Waals surface area (Å²) in [5, 5.41) is 7.92. The maximum Gasteiger partial charge on any atom is 0.391 e. The van der Waals surface area contributed by atoms with Crippen LogP contribution in [0.1, 0.15) is 57.0 Å². The van der Waals surface area contributed by atoms with Crippen LogP contribution >= 0.6 is 0 Å². The summed E-state index contributed by atoms with van der Waals surface area (Å²) in [4.78, 5) is 0. The van der Waals surface area contributed by atoms with Gasteiger partial charge in [-0.25, -0.2) is 0 Å². The summed E-state index contributed by atoms with van der Waals surface area (Å²) in [6.07, 6.45) is -2.47. The highest BCUT2D eigenvalue weighted by Gasteiger charge is 2.41. The number of alkyl halides is 3. The lowest BCUT2D eigenvalue weighted by atomic mass is 9.85. The highest BCUT2D eigenvalue weighted by Crippen LogP contribution is 2.38. The molecular weight excluding hydrogens is 279 g/mol. The normalized spacial score (nSPS) is 23.6. The van der Waals surface area contributed by atoms with Gasteiger partial charge in [-0.1, -0.05) is 0 Å². The molecule has 0 aromatic carbocycles. The van der Waals surface area contributed by atoms with E-state index >= 15 is 0 Å². The van der Waals surface area contributed by atoms with Crippen LogP contribution in [0.5, 0.6) is 0 Å². The van der Waals surface area contributed by atoms with Crippen LogP contribution in [0.2, 0.25) is 0 Å². The minimum Gasteiger partial charge on any atom is -0.379 e. The van der Waals surface area contributed by atoms with Gasteiger partial charge < -0.3 is 5.32 Å². The van der Waals surface area contributed by atoms with E-state index in [1.165, 1.54) is 0 Å². The number of hydrogen-bond acceptors (Lipinski definition) is 2. The van der Waals surface area contributed by atoms with Gasteiger partial charge in [-0.2, -0.15) is 18.3 Å². The van der Waals surface area contributed by atoms with Gasteiger partial charge in [0.2, 0.25) is 0 Å². The Labute approximate surface area is 123 Å². The summed E-state index contributed by atoms with van der Waals surface area (Å²) in [5.74, 6) is -1.13. The van der Waals surface area contributed by atoms with Crippen molar-refractivity contribution in [2.45, 2.75) is 71.6 Å². The number of anilines is 1. The number of nitrogens with one attached hydrogen (secondary N) is 1. The SMILES string of the molecule is Cc1nn(C(C)C)c(C)c1NC1CCC(C(F)(F)F)CC1. The quantitative estimate of drug-likeness (QED) is 0.883. The second kappa shape index (κ2) is 5.89. The monoisotopic (exact) mass is 303 g/mol. The molecule has 0 bridgehead atoms. The minimum atomic E-state index is -4.04. The van der Waals surface area contributed by atoms with Gasteiger partial charge in [-0.05, 0) is 53.4 Å². The first-order valence-corrected chi connectivity index (χ1v) is 7.59. The average Bonchev–Trinajstić information content (AvgIpc) is 2.66. The molecule has 0 amide bonds. The van der Waals surface area contributed by atoms with Crippen molar-refractivity contribution >= 4 is 5.69 Å². The molecule has 0 spiro atoms. The lowest BCUT2D eigenvalue weighted by Gasteiger charge is -2.31. The Balaban J connectivity index is 2.01. The maximum atomic E-state index is 12.7. The lowest BCUT2D eigenvalue weighted by molar-refractivity contribution is -0.182. The fourth-order valence-electron chi connectivity index (χ4n) is 3.14. The van der Waals surface area contributed by atoms with E-state index in [-0.39, 0.29) is 24.9 Å². The zero-order valence-electron chi connectivity index (χ0n) is 13.1. The van der Waals surface area contributed by atoms with E-state index in [2.05, 4.69) is 24.3 Å². The standard InChI is InChI=1S/C15H24F3N3/c1-9(2)21-11(4)14(10(3)20-21)19-13-7-5-12(6-8-13)15(16,17)18/h9,12-13,19H,5-8H2,1-4H3. The van der Waals surface area contributed by atoms with Crippen molar-refractivity contribution in [3.05, 3.63) is 11.4 Å². The summed E-state index contributed by atoms with van der Waals surface area (Å²) in [6.45, 7) is 8.08. The number of aromatic nitrogens is 2. The zero-order valence-corrected chi connectivity index (χ0v) is 13.1. The number of halogens is 3. The van der Waals surface area contributed by atoms with Crippen LogP contribution in [-0.2, 0) is 0 Å². The summed E-state index contributed by atoms with van der Waals surface area (Å²) < 4.78 is 40.0. The zero-order chi connectivity index (χ0) is 15.8. The van der Waals surface area contributed by atoms with Crippen LogP contribution in [0.15, 0.2) is 0 Å². The van der Waals surface area contributed by atoms with Crippen molar-refractivity contribution in [1.29, 1.82) is 0 Å². The molecule has 1 aliphatic rings. The van der Waals surface area contributed by atoms with Crippen LogP contribution in [0.25, 0.3) is 0 Å². The van der Waals surface area contributed by atoms with E-state index in [9.17, 15) is 13.2 Å². The number of nitrogens with zero attached hydrogens (tertiary/aromatic N) is 2.